The number of rotatable bonds is 11. The van der Waals surface area contributed by atoms with Gasteiger partial charge in [-0.2, -0.15) is 0 Å². The molecule has 0 heterocycles. The Labute approximate surface area is 164 Å². The molecule has 0 unspecified atom stereocenters. The smallest absolute Gasteiger partial charge is 1.00 e. The Hall–Kier alpha value is -0.668. The van der Waals surface area contributed by atoms with Crippen molar-refractivity contribution >= 4 is 70.0 Å². The van der Waals surface area contributed by atoms with Crippen LogP contribution in [0.15, 0.2) is 0 Å². The molecular weight excluding hydrogens is 325 g/mol. The maximum atomic E-state index is 10.6. The monoisotopic (exact) mass is 344 g/mol. The van der Waals surface area contributed by atoms with Gasteiger partial charge in [0, 0.05) is 13.1 Å². The van der Waals surface area contributed by atoms with E-state index in [4.69, 9.17) is 20.4 Å². The van der Waals surface area contributed by atoms with Crippen molar-refractivity contribution in [3.05, 3.63) is 0 Å². The van der Waals surface area contributed by atoms with Gasteiger partial charge in [0.2, 0.25) is 0 Å². The molecule has 0 saturated heterocycles. The largest absolute Gasteiger partial charge is 2.00 e. The summed E-state index contributed by atoms with van der Waals surface area (Å²) >= 11 is 0. The maximum absolute atomic E-state index is 10.6. The van der Waals surface area contributed by atoms with E-state index in [1.54, 1.807) is 0 Å². The Morgan fingerprint density at radius 3 is 0.909 bits per heavy atom. The molecule has 0 aliphatic carbocycles. The summed E-state index contributed by atoms with van der Waals surface area (Å²) in [7, 11) is 0. The zero-order chi connectivity index (χ0) is 15.7. The average Bonchev–Trinajstić information content (AvgIpc) is 2.22. The molecular formula is C10H20Mg2N2O8. The minimum absolute atomic E-state index is 0. The van der Waals surface area contributed by atoms with Crippen molar-refractivity contribution < 1.29 is 45.3 Å². The van der Waals surface area contributed by atoms with Gasteiger partial charge >= 0.3 is 70.0 Å². The van der Waals surface area contributed by atoms with Gasteiger partial charge in [0.05, 0.1) is 26.2 Å². The van der Waals surface area contributed by atoms with Crippen LogP contribution in [0.25, 0.3) is 0 Å². The van der Waals surface area contributed by atoms with Gasteiger partial charge in [-0.15, -0.1) is 0 Å². The van der Waals surface area contributed by atoms with Crippen molar-refractivity contribution in [2.75, 3.05) is 39.3 Å². The molecule has 0 spiro atoms. The molecule has 0 aromatic carbocycles. The fraction of sp³-hybridized carbons (Fsp3) is 0.600. The van der Waals surface area contributed by atoms with E-state index in [9.17, 15) is 19.2 Å². The molecule has 0 bridgehead atoms. The summed E-state index contributed by atoms with van der Waals surface area (Å²) in [4.78, 5) is 44.4. The zero-order valence-electron chi connectivity index (χ0n) is 16.0. The molecule has 122 valence electrons. The molecule has 0 amide bonds. The van der Waals surface area contributed by atoms with Crippen molar-refractivity contribution in [3.8, 4) is 0 Å². The first-order valence-corrected chi connectivity index (χ1v) is 5.52. The van der Waals surface area contributed by atoms with Crippen LogP contribution in [0.5, 0.6) is 0 Å². The quantitative estimate of drug-likeness (QED) is 0.298. The number of hydrogen-bond acceptors (Lipinski definition) is 6. The minimum atomic E-state index is -1.23. The fourth-order valence-corrected chi connectivity index (χ4v) is 1.48. The molecule has 0 saturated carbocycles. The first kappa shape index (κ1) is 26.2. The third kappa shape index (κ3) is 15.7. The fourth-order valence-electron chi connectivity index (χ4n) is 1.48. The van der Waals surface area contributed by atoms with Crippen molar-refractivity contribution in [1.29, 1.82) is 0 Å². The SMILES string of the molecule is O=C(O)CN(CCN(CC(=O)O)CC(=O)O)CC(=O)O.[H-].[H-].[H-].[H-].[Mg+2].[Mg+2]. The second-order valence-electron chi connectivity index (χ2n) is 4.00. The van der Waals surface area contributed by atoms with Crippen LogP contribution in [-0.2, 0) is 19.2 Å². The van der Waals surface area contributed by atoms with Crippen molar-refractivity contribution in [2.24, 2.45) is 0 Å². The topological polar surface area (TPSA) is 156 Å². The first-order valence-electron chi connectivity index (χ1n) is 5.52. The van der Waals surface area contributed by atoms with Crippen molar-refractivity contribution in [1.82, 2.24) is 9.80 Å². The second kappa shape index (κ2) is 14.0. The minimum Gasteiger partial charge on any atom is -1.00 e. The maximum Gasteiger partial charge on any atom is 2.00 e. The Kier molecular flexibility index (Phi) is 16.6. The van der Waals surface area contributed by atoms with Crippen LogP contribution in [0.2, 0.25) is 0 Å². The summed E-state index contributed by atoms with van der Waals surface area (Å²) in [6, 6.07) is 0. The van der Waals surface area contributed by atoms with E-state index in [0.717, 1.165) is 9.80 Å². The summed E-state index contributed by atoms with van der Waals surface area (Å²) in [6.45, 7) is -2.25. The molecule has 0 aliphatic heterocycles. The van der Waals surface area contributed by atoms with Gasteiger partial charge in [0.25, 0.3) is 0 Å². The number of aliphatic carboxylic acids is 4. The molecule has 0 aromatic heterocycles. The summed E-state index contributed by atoms with van der Waals surface area (Å²) < 4.78 is 0. The van der Waals surface area contributed by atoms with Gasteiger partial charge in [0.1, 0.15) is 0 Å². The van der Waals surface area contributed by atoms with E-state index in [0.29, 0.717) is 0 Å². The number of carboxylic acids is 4. The first-order chi connectivity index (χ1) is 9.20. The Bertz CT molecular complexity index is 341. The number of nitrogens with zero attached hydrogens (tertiary/aromatic N) is 2. The normalized spacial score (nSPS) is 9.73. The number of carboxylic acid groups (broad SMARTS) is 4. The summed E-state index contributed by atoms with van der Waals surface area (Å²) in [5, 5.41) is 34.5. The molecule has 0 atom stereocenters. The number of hydrogen-bond donors (Lipinski definition) is 4. The van der Waals surface area contributed by atoms with Crippen LogP contribution in [0.4, 0.5) is 0 Å². The van der Waals surface area contributed by atoms with Crippen LogP contribution in [0.3, 0.4) is 0 Å². The standard InChI is InChI=1S/C10H16N2O8.2Mg.4H/c13-7(14)3-11(4-8(15)16)1-2-12(5-9(17)18)6-10(19)20;;;;;;/h1-6H2,(H,13,14)(H,15,16)(H,17,18)(H,19,20);;;;;;/q;2*+2;4*-1. The van der Waals surface area contributed by atoms with Crippen LogP contribution in [0, 0.1) is 0 Å². The average molecular weight is 345 g/mol. The molecule has 0 aliphatic rings. The zero-order valence-corrected chi connectivity index (χ0v) is 14.8. The Morgan fingerprint density at radius 1 is 0.591 bits per heavy atom. The third-order valence-corrected chi connectivity index (χ3v) is 2.17. The van der Waals surface area contributed by atoms with Gasteiger partial charge < -0.3 is 26.1 Å². The van der Waals surface area contributed by atoms with Gasteiger partial charge in [-0.1, -0.05) is 0 Å². The molecule has 0 radical (unpaired) electrons. The predicted octanol–water partition coefficient (Wildman–Crippen LogP) is -2.38. The van der Waals surface area contributed by atoms with Gasteiger partial charge in [-0.05, 0) is 0 Å². The summed E-state index contributed by atoms with van der Waals surface area (Å²) in [6.07, 6.45) is 0. The molecule has 12 heteroatoms. The Morgan fingerprint density at radius 2 is 0.773 bits per heavy atom. The van der Waals surface area contributed by atoms with Crippen LogP contribution in [0.1, 0.15) is 5.71 Å². The van der Waals surface area contributed by atoms with E-state index in [1.165, 1.54) is 0 Å². The van der Waals surface area contributed by atoms with Gasteiger partial charge in [0.15, 0.2) is 0 Å². The van der Waals surface area contributed by atoms with Crippen molar-refractivity contribution in [2.45, 2.75) is 0 Å². The van der Waals surface area contributed by atoms with Crippen molar-refractivity contribution in [3.63, 3.8) is 0 Å². The Balaban J connectivity index is -0.000000120. The third-order valence-electron chi connectivity index (χ3n) is 2.17. The van der Waals surface area contributed by atoms with Gasteiger partial charge in [-0.3, -0.25) is 29.0 Å². The number of carbonyl (C=O) groups is 4. The van der Waals surface area contributed by atoms with Gasteiger partial charge in [-0.25, -0.2) is 0 Å². The van der Waals surface area contributed by atoms with E-state index >= 15 is 0 Å². The summed E-state index contributed by atoms with van der Waals surface area (Å²) in [5.74, 6) is -4.91. The van der Waals surface area contributed by atoms with E-state index in [2.05, 4.69) is 0 Å². The molecule has 22 heavy (non-hydrogen) atoms. The summed E-state index contributed by atoms with van der Waals surface area (Å²) in [5.41, 5.74) is 0. The van der Waals surface area contributed by atoms with E-state index < -0.39 is 50.1 Å². The molecule has 10 nitrogen and oxygen atoms in total. The second-order valence-corrected chi connectivity index (χ2v) is 4.00. The predicted molar refractivity (Wildman–Crippen MR) is 79.4 cm³/mol. The van der Waals surface area contributed by atoms with Crippen LogP contribution in [-0.4, -0.2) is 139 Å². The molecule has 4 N–H and O–H groups in total. The van der Waals surface area contributed by atoms with E-state index in [-0.39, 0.29) is 64.9 Å². The molecule has 0 rings (SSSR count). The molecule has 0 fully saturated rings. The van der Waals surface area contributed by atoms with Crippen LogP contribution < -0.4 is 0 Å². The molecule has 0 aromatic rings. The van der Waals surface area contributed by atoms with Crippen LogP contribution >= 0.6 is 0 Å². The van der Waals surface area contributed by atoms with E-state index in [1.807, 2.05) is 0 Å².